The fraction of sp³-hybridized carbons (Fsp3) is 0.0833. The quantitative estimate of drug-likeness (QED) is 0.781. The molecule has 0 spiro atoms. The number of nitrogens with zero attached hydrogens (tertiary/aromatic N) is 2. The van der Waals surface area contributed by atoms with Crippen LogP contribution in [0, 0.1) is 0 Å². The van der Waals surface area contributed by atoms with Gasteiger partial charge in [-0.2, -0.15) is 0 Å². The predicted molar refractivity (Wildman–Crippen MR) is 67.2 cm³/mol. The monoisotopic (exact) mass is 230 g/mol. The molecule has 0 fully saturated rings. The Morgan fingerprint density at radius 3 is 2.18 bits per heavy atom. The van der Waals surface area contributed by atoms with Crippen LogP contribution in [0.15, 0.2) is 49.1 Å². The minimum absolute atomic E-state index is 0.0759. The molecule has 2 heterocycles. The number of nitrogen functional groups attached to an aromatic ring is 1. The molecule has 2 rings (SSSR count). The van der Waals surface area contributed by atoms with Gasteiger partial charge in [-0.25, -0.2) is 0 Å². The van der Waals surface area contributed by atoms with Gasteiger partial charge in [0.15, 0.2) is 0 Å². The summed E-state index contributed by atoms with van der Waals surface area (Å²) in [6.07, 6.45) is 6.56. The number of anilines is 2. The first-order valence-electron chi connectivity index (χ1n) is 5.01. The molecule has 0 radical (unpaired) electrons. The molecule has 0 aliphatic heterocycles. The third kappa shape index (κ3) is 5.88. The van der Waals surface area contributed by atoms with Crippen LogP contribution < -0.4 is 11.1 Å². The van der Waals surface area contributed by atoms with Crippen LogP contribution in [0.25, 0.3) is 0 Å². The van der Waals surface area contributed by atoms with Crippen molar-refractivity contribution in [3.63, 3.8) is 0 Å². The van der Waals surface area contributed by atoms with Crippen molar-refractivity contribution in [2.75, 3.05) is 11.1 Å². The van der Waals surface area contributed by atoms with E-state index in [0.29, 0.717) is 5.69 Å². The molecule has 0 saturated heterocycles. The van der Waals surface area contributed by atoms with Crippen molar-refractivity contribution in [3.05, 3.63) is 49.1 Å². The highest BCUT2D eigenvalue weighted by Gasteiger charge is 1.90. The molecular weight excluding hydrogens is 216 g/mol. The molecule has 0 aliphatic carbocycles. The number of hydrogen-bond acceptors (Lipinski definition) is 4. The third-order valence-electron chi connectivity index (χ3n) is 1.67. The molecule has 1 amide bonds. The fourth-order valence-electron chi connectivity index (χ4n) is 1.02. The molecular formula is C12H14N4O. The summed E-state index contributed by atoms with van der Waals surface area (Å²) in [5.74, 6) is -0.0759. The Morgan fingerprint density at radius 1 is 1.18 bits per heavy atom. The Kier molecular flexibility index (Phi) is 5.16. The standard InChI is InChI=1S/C7H8N2O.C5H6N2/c1-6(10)9-7-3-2-4-8-5-7;6-5-2-1-3-7-4-5/h2-5H,1H3,(H,9,10);1-4H,6H2. The molecule has 5 heteroatoms. The average molecular weight is 230 g/mol. The second-order valence-electron chi connectivity index (χ2n) is 3.21. The van der Waals surface area contributed by atoms with Gasteiger partial charge in [0.25, 0.3) is 0 Å². The molecule has 2 aromatic heterocycles. The van der Waals surface area contributed by atoms with E-state index in [-0.39, 0.29) is 5.91 Å². The maximum absolute atomic E-state index is 10.5. The number of rotatable bonds is 1. The van der Waals surface area contributed by atoms with Crippen LogP contribution in [-0.2, 0) is 4.79 Å². The zero-order chi connectivity index (χ0) is 12.5. The summed E-state index contributed by atoms with van der Waals surface area (Å²) in [6, 6.07) is 7.15. The van der Waals surface area contributed by atoms with Crippen molar-refractivity contribution < 1.29 is 4.79 Å². The number of nitrogens with two attached hydrogens (primary N) is 1. The Bertz CT molecular complexity index is 445. The van der Waals surface area contributed by atoms with Crippen molar-refractivity contribution in [2.45, 2.75) is 6.92 Å². The molecule has 2 aromatic rings. The van der Waals surface area contributed by atoms with Gasteiger partial charge < -0.3 is 11.1 Å². The molecule has 0 unspecified atom stereocenters. The van der Waals surface area contributed by atoms with E-state index < -0.39 is 0 Å². The Labute approximate surface area is 99.7 Å². The summed E-state index contributed by atoms with van der Waals surface area (Å²) >= 11 is 0. The first kappa shape index (κ1) is 12.6. The number of amides is 1. The van der Waals surface area contributed by atoms with Crippen LogP contribution in [0.2, 0.25) is 0 Å². The Hall–Kier alpha value is -2.43. The topological polar surface area (TPSA) is 80.9 Å². The van der Waals surface area contributed by atoms with Crippen molar-refractivity contribution in [1.82, 2.24) is 9.97 Å². The van der Waals surface area contributed by atoms with Gasteiger partial charge in [-0.1, -0.05) is 0 Å². The van der Waals surface area contributed by atoms with Crippen molar-refractivity contribution in [1.29, 1.82) is 0 Å². The number of aromatic nitrogens is 2. The van der Waals surface area contributed by atoms with Crippen LogP contribution >= 0.6 is 0 Å². The lowest BCUT2D eigenvalue weighted by Gasteiger charge is -1.97. The SMILES string of the molecule is CC(=O)Nc1cccnc1.Nc1cccnc1. The van der Waals surface area contributed by atoms with E-state index in [0.717, 1.165) is 5.69 Å². The number of hydrogen-bond donors (Lipinski definition) is 2. The lowest BCUT2D eigenvalue weighted by Crippen LogP contribution is -2.05. The van der Waals surface area contributed by atoms with Gasteiger partial charge in [0.1, 0.15) is 0 Å². The highest BCUT2D eigenvalue weighted by atomic mass is 16.1. The zero-order valence-corrected chi connectivity index (χ0v) is 9.50. The lowest BCUT2D eigenvalue weighted by molar-refractivity contribution is -0.114. The van der Waals surface area contributed by atoms with E-state index in [1.807, 2.05) is 0 Å². The zero-order valence-electron chi connectivity index (χ0n) is 9.50. The second kappa shape index (κ2) is 6.95. The highest BCUT2D eigenvalue weighted by Crippen LogP contribution is 2.00. The number of carbonyl (C=O) groups is 1. The van der Waals surface area contributed by atoms with E-state index in [1.165, 1.54) is 6.92 Å². The maximum atomic E-state index is 10.5. The molecule has 0 saturated carbocycles. The molecule has 0 aliphatic rings. The molecule has 88 valence electrons. The van der Waals surface area contributed by atoms with Crippen molar-refractivity contribution in [2.24, 2.45) is 0 Å². The fourth-order valence-corrected chi connectivity index (χ4v) is 1.02. The van der Waals surface area contributed by atoms with Gasteiger partial charge in [-0.15, -0.1) is 0 Å². The van der Waals surface area contributed by atoms with Crippen LogP contribution in [0.3, 0.4) is 0 Å². The van der Waals surface area contributed by atoms with E-state index in [2.05, 4.69) is 15.3 Å². The van der Waals surface area contributed by atoms with Gasteiger partial charge in [-0.3, -0.25) is 14.8 Å². The summed E-state index contributed by atoms with van der Waals surface area (Å²) in [6.45, 7) is 1.47. The maximum Gasteiger partial charge on any atom is 0.221 e. The van der Waals surface area contributed by atoms with E-state index in [1.54, 1.807) is 49.1 Å². The molecule has 5 nitrogen and oxygen atoms in total. The first-order valence-corrected chi connectivity index (χ1v) is 5.01. The van der Waals surface area contributed by atoms with Crippen LogP contribution in [-0.4, -0.2) is 15.9 Å². The predicted octanol–water partition coefficient (Wildman–Crippen LogP) is 1.70. The number of pyridine rings is 2. The normalized spacial score (nSPS) is 8.76. The Balaban J connectivity index is 0.000000181. The van der Waals surface area contributed by atoms with Gasteiger partial charge in [0.05, 0.1) is 17.6 Å². The first-order chi connectivity index (χ1) is 8.18. The van der Waals surface area contributed by atoms with E-state index in [4.69, 9.17) is 5.73 Å². The third-order valence-corrected chi connectivity index (χ3v) is 1.67. The Morgan fingerprint density at radius 2 is 1.82 bits per heavy atom. The summed E-state index contributed by atoms with van der Waals surface area (Å²) in [5.41, 5.74) is 6.74. The van der Waals surface area contributed by atoms with E-state index >= 15 is 0 Å². The lowest BCUT2D eigenvalue weighted by atomic mass is 10.4. The van der Waals surface area contributed by atoms with Gasteiger partial charge in [-0.05, 0) is 24.3 Å². The largest absolute Gasteiger partial charge is 0.397 e. The van der Waals surface area contributed by atoms with Crippen LogP contribution in [0.5, 0.6) is 0 Å². The molecule has 3 N–H and O–H groups in total. The van der Waals surface area contributed by atoms with Gasteiger partial charge in [0.2, 0.25) is 5.91 Å². The summed E-state index contributed by atoms with van der Waals surface area (Å²) < 4.78 is 0. The highest BCUT2D eigenvalue weighted by molar-refractivity contribution is 5.88. The number of carbonyl (C=O) groups excluding carboxylic acids is 1. The summed E-state index contributed by atoms with van der Waals surface area (Å²) in [7, 11) is 0. The average Bonchev–Trinajstić information content (AvgIpc) is 2.31. The van der Waals surface area contributed by atoms with Crippen molar-refractivity contribution in [3.8, 4) is 0 Å². The van der Waals surface area contributed by atoms with Crippen LogP contribution in [0.4, 0.5) is 11.4 Å². The molecule has 0 bridgehead atoms. The summed E-state index contributed by atoms with van der Waals surface area (Å²) in [4.78, 5) is 18.1. The van der Waals surface area contributed by atoms with E-state index in [9.17, 15) is 4.79 Å². The molecule has 0 atom stereocenters. The minimum Gasteiger partial charge on any atom is -0.397 e. The van der Waals surface area contributed by atoms with Gasteiger partial charge in [0, 0.05) is 25.5 Å². The van der Waals surface area contributed by atoms with Crippen LogP contribution in [0.1, 0.15) is 6.92 Å². The summed E-state index contributed by atoms with van der Waals surface area (Å²) in [5, 5.41) is 2.60. The smallest absolute Gasteiger partial charge is 0.221 e. The van der Waals surface area contributed by atoms with Gasteiger partial charge >= 0.3 is 0 Å². The minimum atomic E-state index is -0.0759. The van der Waals surface area contributed by atoms with Crippen molar-refractivity contribution >= 4 is 17.3 Å². The second-order valence-corrected chi connectivity index (χ2v) is 3.21. The molecule has 17 heavy (non-hydrogen) atoms. The number of nitrogens with one attached hydrogen (secondary N) is 1. The molecule has 0 aromatic carbocycles.